The van der Waals surface area contributed by atoms with Gasteiger partial charge >= 0.3 is 0 Å². The summed E-state index contributed by atoms with van der Waals surface area (Å²) in [5.74, 6) is 21.9. The summed E-state index contributed by atoms with van der Waals surface area (Å²) in [6.07, 6.45) is 37.4. The van der Waals surface area contributed by atoms with Gasteiger partial charge in [0.2, 0.25) is 0 Å². The van der Waals surface area contributed by atoms with Crippen molar-refractivity contribution in [1.82, 2.24) is 0 Å². The quantitative estimate of drug-likeness (QED) is 0.227. The van der Waals surface area contributed by atoms with Gasteiger partial charge in [0.1, 0.15) is 0 Å². The number of hydrogen-bond acceptors (Lipinski definition) is 0. The molecule has 0 aromatic carbocycles. The van der Waals surface area contributed by atoms with Crippen LogP contribution in [0.25, 0.3) is 0 Å². The Labute approximate surface area is 500 Å². The second-order valence-electron chi connectivity index (χ2n) is 38.1. The van der Waals surface area contributed by atoms with Gasteiger partial charge < -0.3 is 0 Å². The molecule has 466 valence electrons. The summed E-state index contributed by atoms with van der Waals surface area (Å²) in [5.41, 5.74) is 3.18. The average molecular weight is 1100 g/mol. The molecule has 18 atom stereocenters. The van der Waals surface area contributed by atoms with E-state index in [9.17, 15) is 0 Å². The zero-order valence-corrected chi connectivity index (χ0v) is 59.4. The average Bonchev–Trinajstić information content (AvgIpc) is 4.31. The molecule has 0 heterocycles. The molecule has 79 heavy (non-hydrogen) atoms. The molecule has 0 N–H and O–H groups in total. The van der Waals surface area contributed by atoms with E-state index in [1.807, 2.05) is 0 Å². The maximum Gasteiger partial charge on any atom is -0.0308 e. The minimum Gasteiger partial charge on any atom is -0.0622 e. The summed E-state index contributed by atoms with van der Waals surface area (Å²) in [7, 11) is 0. The first kappa shape index (κ1) is 69.8. The molecule has 10 saturated carbocycles. The van der Waals surface area contributed by atoms with Crippen molar-refractivity contribution in [3.63, 3.8) is 0 Å². The van der Waals surface area contributed by atoms with Crippen LogP contribution in [0.2, 0.25) is 0 Å². The summed E-state index contributed by atoms with van der Waals surface area (Å²) in [6.45, 7) is 63.8. The van der Waals surface area contributed by atoms with Crippen LogP contribution >= 0.6 is 0 Å². The van der Waals surface area contributed by atoms with Gasteiger partial charge in [0.25, 0.3) is 0 Å². The first-order chi connectivity index (χ1) is 36.4. The van der Waals surface area contributed by atoms with Crippen molar-refractivity contribution >= 4 is 0 Å². The van der Waals surface area contributed by atoms with Crippen LogP contribution in [0, 0.1) is 163 Å². The van der Waals surface area contributed by atoms with Gasteiger partial charge in [-0.2, -0.15) is 0 Å². The third-order valence-corrected chi connectivity index (χ3v) is 26.6. The van der Waals surface area contributed by atoms with Crippen LogP contribution in [0.1, 0.15) is 341 Å². The van der Waals surface area contributed by atoms with Gasteiger partial charge in [0, 0.05) is 0 Å². The standard InChI is InChI=1S/C16H30.2C15H28.C14H26.C10H20.C9H18/c1-11-10-13-8-6-7-9-14(13)12(2)15(11)16(3,4)5;1-10-9-12-7-6-8-13(12)11(2)14(10)15(3,4)5;1-10-12-8-6-7-9-13(12)11(2)14(10)15(3,4)5;1-9-11-7-6-8-12(11)10(2)13(9)14(3,4)5;1-10(2,3)9-7-5-4-6-8-9;1-9(2,3)8-6-4-5-7-8/h11-15H,6-10H2,1-5H3;2*10-14H,6-9H2,1-5H3;9-13H,6-8H2,1-5H3;9H,4-8H2,1-3H3;8H,4-7H2,1-3H3. The maximum absolute atomic E-state index is 2.55. The minimum absolute atomic E-state index is 0.501. The fraction of sp³-hybridized carbons (Fsp3) is 1.00. The normalized spacial score (nSPS) is 40.9. The van der Waals surface area contributed by atoms with E-state index in [1.54, 1.807) is 0 Å². The summed E-state index contributed by atoms with van der Waals surface area (Å²) >= 11 is 0. The molecule has 0 aromatic rings. The van der Waals surface area contributed by atoms with Gasteiger partial charge in [-0.3, -0.25) is 0 Å². The highest BCUT2D eigenvalue weighted by Gasteiger charge is 2.53. The largest absolute Gasteiger partial charge is 0.0622 e. The zero-order valence-electron chi connectivity index (χ0n) is 59.4. The Morgan fingerprint density at radius 2 is 0.418 bits per heavy atom. The number of rotatable bonds is 0. The van der Waals surface area contributed by atoms with Crippen molar-refractivity contribution in [3.8, 4) is 0 Å². The molecule has 0 heteroatoms. The molecule has 0 nitrogen and oxygen atoms in total. The van der Waals surface area contributed by atoms with Crippen molar-refractivity contribution in [1.29, 1.82) is 0 Å². The third-order valence-electron chi connectivity index (χ3n) is 26.6. The number of hydrogen-bond donors (Lipinski definition) is 0. The van der Waals surface area contributed by atoms with E-state index in [-0.39, 0.29) is 0 Å². The van der Waals surface area contributed by atoms with E-state index in [0.717, 1.165) is 130 Å². The highest BCUT2D eigenvalue weighted by atomic mass is 14.6. The van der Waals surface area contributed by atoms with Gasteiger partial charge in [-0.25, -0.2) is 0 Å². The summed E-state index contributed by atoms with van der Waals surface area (Å²) in [4.78, 5) is 0. The molecule has 10 aliphatic carbocycles. The van der Waals surface area contributed by atoms with Gasteiger partial charge in [0.05, 0.1) is 0 Å². The lowest BCUT2D eigenvalue weighted by Crippen LogP contribution is -2.44. The van der Waals surface area contributed by atoms with Crippen molar-refractivity contribution in [2.24, 2.45) is 163 Å². The number of fused-ring (bicyclic) bond motifs is 4. The highest BCUT2D eigenvalue weighted by molar-refractivity contribution is 5.02. The first-order valence-corrected chi connectivity index (χ1v) is 36.4. The fourth-order valence-corrected chi connectivity index (χ4v) is 24.1. The monoisotopic (exact) mass is 1100 g/mol. The molecule has 0 bridgehead atoms. The van der Waals surface area contributed by atoms with Gasteiger partial charge in [-0.1, -0.05) is 263 Å². The predicted octanol–water partition coefficient (Wildman–Crippen LogP) is 25.8. The summed E-state index contributed by atoms with van der Waals surface area (Å²) in [5, 5.41) is 0. The van der Waals surface area contributed by atoms with Crippen LogP contribution in [0.5, 0.6) is 0 Å². The first-order valence-electron chi connectivity index (χ1n) is 36.4. The zero-order chi connectivity index (χ0) is 59.4. The molecule has 10 aliphatic rings. The fourth-order valence-electron chi connectivity index (χ4n) is 24.1. The second-order valence-corrected chi connectivity index (χ2v) is 38.1. The van der Waals surface area contributed by atoms with Crippen LogP contribution in [0.15, 0.2) is 0 Å². The van der Waals surface area contributed by atoms with Crippen LogP contribution in [-0.4, -0.2) is 0 Å². The molecule has 18 unspecified atom stereocenters. The van der Waals surface area contributed by atoms with Crippen molar-refractivity contribution in [2.45, 2.75) is 341 Å². The van der Waals surface area contributed by atoms with E-state index in [4.69, 9.17) is 0 Å². The molecular weight excluding hydrogens is 949 g/mol. The van der Waals surface area contributed by atoms with Crippen LogP contribution in [-0.2, 0) is 0 Å². The van der Waals surface area contributed by atoms with Gasteiger partial charge in [0.15, 0.2) is 0 Å². The lowest BCUT2D eigenvalue weighted by molar-refractivity contribution is -0.0271. The molecule has 0 saturated heterocycles. The molecule has 0 aliphatic heterocycles. The highest BCUT2D eigenvalue weighted by Crippen LogP contribution is 2.60. The van der Waals surface area contributed by atoms with Gasteiger partial charge in [-0.05, 0) is 240 Å². The Kier molecular flexibility index (Phi) is 25.3. The van der Waals surface area contributed by atoms with E-state index >= 15 is 0 Å². The van der Waals surface area contributed by atoms with E-state index in [0.29, 0.717) is 32.5 Å². The minimum atomic E-state index is 0.501. The maximum atomic E-state index is 2.55. The Bertz CT molecular complexity index is 1660. The molecule has 0 amide bonds. The van der Waals surface area contributed by atoms with Gasteiger partial charge in [-0.15, -0.1) is 0 Å². The topological polar surface area (TPSA) is 0 Å². The van der Waals surface area contributed by atoms with E-state index in [2.05, 4.69) is 180 Å². The smallest absolute Gasteiger partial charge is 0.0308 e. The van der Waals surface area contributed by atoms with Crippen molar-refractivity contribution < 1.29 is 0 Å². The Balaban J connectivity index is 0.000000176. The lowest BCUT2D eigenvalue weighted by Gasteiger charge is -2.52. The van der Waals surface area contributed by atoms with Crippen LogP contribution in [0.4, 0.5) is 0 Å². The Hall–Kier alpha value is 0. The van der Waals surface area contributed by atoms with Crippen LogP contribution in [0.3, 0.4) is 0 Å². The van der Waals surface area contributed by atoms with Crippen molar-refractivity contribution in [2.75, 3.05) is 0 Å². The van der Waals surface area contributed by atoms with E-state index in [1.165, 1.54) is 161 Å². The SMILES string of the molecule is CC(C)(C)C1CCCC1.CC(C)(C)C1CCCCC1.CC1C2CCCC2C(C)C1C(C)(C)C.CC1C2CCCCC2C(C)C1C(C)(C)C.CC1CC2CCCC2C(C)C1C(C)(C)C.CC1CC2CCCCC2C(C)C1C(C)(C)C. The lowest BCUT2D eigenvalue weighted by atomic mass is 9.53. The van der Waals surface area contributed by atoms with Crippen LogP contribution < -0.4 is 0 Å². The Morgan fingerprint density at radius 1 is 0.203 bits per heavy atom. The summed E-state index contributed by atoms with van der Waals surface area (Å²) < 4.78 is 0. The predicted molar refractivity (Wildman–Crippen MR) is 354 cm³/mol. The third kappa shape index (κ3) is 18.3. The molecular formula is C79H150. The summed E-state index contributed by atoms with van der Waals surface area (Å²) in [6, 6.07) is 0. The molecule has 0 radical (unpaired) electrons. The Morgan fingerprint density at radius 3 is 0.709 bits per heavy atom. The van der Waals surface area contributed by atoms with Crippen molar-refractivity contribution in [3.05, 3.63) is 0 Å². The molecule has 0 spiro atoms. The second kappa shape index (κ2) is 28.7. The molecule has 0 aromatic heterocycles. The molecule has 10 rings (SSSR count). The molecule has 10 fully saturated rings. The van der Waals surface area contributed by atoms with E-state index < -0.39 is 0 Å².